The third kappa shape index (κ3) is 11.7. The summed E-state index contributed by atoms with van der Waals surface area (Å²) in [6.45, 7) is 8.15. The molecule has 2 rings (SSSR count). The fourth-order valence-corrected chi connectivity index (χ4v) is 4.97. The summed E-state index contributed by atoms with van der Waals surface area (Å²) in [7, 11) is 0. The van der Waals surface area contributed by atoms with Gasteiger partial charge in [0.2, 0.25) is 5.91 Å². The van der Waals surface area contributed by atoms with Gasteiger partial charge < -0.3 is 19.7 Å². The molecule has 0 radical (unpaired) electrons. The summed E-state index contributed by atoms with van der Waals surface area (Å²) in [5.41, 5.74) is 0.437. The first-order valence-electron chi connectivity index (χ1n) is 14.5. The van der Waals surface area contributed by atoms with E-state index in [-0.39, 0.29) is 18.2 Å². The highest BCUT2D eigenvalue weighted by Gasteiger charge is 2.35. The molecule has 1 saturated heterocycles. The molecule has 1 atom stereocenters. The average molecular weight is 596 g/mol. The number of hydrogen-bond acceptors (Lipinski definition) is 5. The van der Waals surface area contributed by atoms with Gasteiger partial charge in [0.05, 0.1) is 24.1 Å². The second kappa shape index (κ2) is 18.2. The molecule has 1 fully saturated rings. The van der Waals surface area contributed by atoms with Crippen LogP contribution in [0, 0.1) is 5.92 Å². The largest absolute Gasteiger partial charge is 0.492 e. The van der Waals surface area contributed by atoms with Gasteiger partial charge in [-0.1, -0.05) is 78.6 Å². The Bertz CT molecular complexity index is 876. The zero-order valence-electron chi connectivity index (χ0n) is 23.6. The summed E-state index contributed by atoms with van der Waals surface area (Å²) in [5.74, 6) is 0.148. The first-order valence-corrected chi connectivity index (χ1v) is 15.3. The summed E-state index contributed by atoms with van der Waals surface area (Å²) in [6, 6.07) is 4.29. The van der Waals surface area contributed by atoms with Crippen molar-refractivity contribution in [3.63, 3.8) is 0 Å². The Hall–Kier alpha value is -2.09. The minimum absolute atomic E-state index is 0.146. The molecule has 214 valence electrons. The molecule has 0 bridgehead atoms. The summed E-state index contributed by atoms with van der Waals surface area (Å²) in [6.07, 6.45) is 12.9. The second-order valence-electron chi connectivity index (χ2n) is 10.6. The molecule has 0 aromatic heterocycles. The van der Waals surface area contributed by atoms with Gasteiger partial charge in [0, 0.05) is 18.7 Å². The molecule has 2 amide bonds. The molecule has 8 heteroatoms. The topological polar surface area (TPSA) is 84.9 Å². The van der Waals surface area contributed by atoms with E-state index < -0.39 is 12.0 Å². The highest BCUT2D eigenvalue weighted by Crippen LogP contribution is 2.28. The fraction of sp³-hybridized carbons (Fsp3) is 0.700. The van der Waals surface area contributed by atoms with E-state index >= 15 is 0 Å². The number of rotatable bonds is 18. The number of unbranched alkanes of at least 4 members (excludes halogenated alkanes) is 9. The Morgan fingerprint density at radius 2 is 1.68 bits per heavy atom. The molecular formula is C30H47BrN2O5. The smallest absolute Gasteiger partial charge is 0.308 e. The fourth-order valence-electron chi connectivity index (χ4n) is 4.47. The SMILES string of the molecule is CCCCCCCCCCCCOC(=O)CC1C(=O)NCCN1C(=O)c1ccc(OCCC(C)C)c(Br)c1. The maximum absolute atomic E-state index is 13.3. The number of esters is 1. The Morgan fingerprint density at radius 1 is 1.03 bits per heavy atom. The summed E-state index contributed by atoms with van der Waals surface area (Å²) in [4.78, 5) is 39.9. The highest BCUT2D eigenvalue weighted by molar-refractivity contribution is 9.10. The Kier molecular flexibility index (Phi) is 15.4. The van der Waals surface area contributed by atoms with E-state index in [0.29, 0.717) is 48.0 Å². The van der Waals surface area contributed by atoms with Gasteiger partial charge in [-0.15, -0.1) is 0 Å². The lowest BCUT2D eigenvalue weighted by atomic mass is 10.1. The zero-order chi connectivity index (χ0) is 27.8. The lowest BCUT2D eigenvalue weighted by Gasteiger charge is -2.34. The van der Waals surface area contributed by atoms with Crippen molar-refractivity contribution in [2.45, 2.75) is 104 Å². The number of benzene rings is 1. The van der Waals surface area contributed by atoms with Crippen molar-refractivity contribution >= 4 is 33.7 Å². The summed E-state index contributed by atoms with van der Waals surface area (Å²) >= 11 is 3.49. The lowest BCUT2D eigenvalue weighted by Crippen LogP contribution is -2.57. The molecule has 1 unspecified atom stereocenters. The van der Waals surface area contributed by atoms with Crippen LogP contribution in [0.4, 0.5) is 0 Å². The van der Waals surface area contributed by atoms with E-state index in [0.717, 1.165) is 25.7 Å². The maximum Gasteiger partial charge on any atom is 0.308 e. The van der Waals surface area contributed by atoms with E-state index in [1.165, 1.54) is 49.8 Å². The lowest BCUT2D eigenvalue weighted by molar-refractivity contribution is -0.147. The Morgan fingerprint density at radius 3 is 2.32 bits per heavy atom. The summed E-state index contributed by atoms with van der Waals surface area (Å²) in [5, 5.41) is 2.77. The molecule has 38 heavy (non-hydrogen) atoms. The molecule has 1 heterocycles. The van der Waals surface area contributed by atoms with Gasteiger partial charge in [0.25, 0.3) is 5.91 Å². The van der Waals surface area contributed by atoms with Crippen LogP contribution in [0.25, 0.3) is 0 Å². The predicted molar refractivity (Wildman–Crippen MR) is 154 cm³/mol. The van der Waals surface area contributed by atoms with Crippen LogP contribution in [-0.4, -0.2) is 55.0 Å². The Labute approximate surface area is 237 Å². The van der Waals surface area contributed by atoms with Gasteiger partial charge >= 0.3 is 5.97 Å². The molecule has 1 aromatic carbocycles. The van der Waals surface area contributed by atoms with Crippen LogP contribution >= 0.6 is 15.9 Å². The third-order valence-corrected chi connectivity index (χ3v) is 7.46. The minimum atomic E-state index is -0.878. The normalized spacial score (nSPS) is 15.4. The minimum Gasteiger partial charge on any atom is -0.492 e. The number of hydrogen-bond donors (Lipinski definition) is 1. The summed E-state index contributed by atoms with van der Waals surface area (Å²) < 4.78 is 11.9. The van der Waals surface area contributed by atoms with Crippen LogP contribution in [-0.2, 0) is 14.3 Å². The van der Waals surface area contributed by atoms with Crippen LogP contribution in [0.15, 0.2) is 22.7 Å². The zero-order valence-corrected chi connectivity index (χ0v) is 25.2. The highest BCUT2D eigenvalue weighted by atomic mass is 79.9. The quantitative estimate of drug-likeness (QED) is 0.151. The van der Waals surface area contributed by atoms with Crippen molar-refractivity contribution in [3.05, 3.63) is 28.2 Å². The van der Waals surface area contributed by atoms with E-state index in [1.807, 2.05) is 0 Å². The van der Waals surface area contributed by atoms with Crippen molar-refractivity contribution in [2.24, 2.45) is 5.92 Å². The van der Waals surface area contributed by atoms with E-state index in [1.54, 1.807) is 18.2 Å². The molecule has 0 aliphatic carbocycles. The molecule has 1 aliphatic rings. The maximum atomic E-state index is 13.3. The first kappa shape index (κ1) is 32.1. The van der Waals surface area contributed by atoms with Crippen LogP contribution in [0.5, 0.6) is 5.75 Å². The Balaban J connectivity index is 1.78. The molecule has 1 aromatic rings. The molecule has 1 N–H and O–H groups in total. The van der Waals surface area contributed by atoms with Gasteiger partial charge in [0.15, 0.2) is 0 Å². The van der Waals surface area contributed by atoms with Crippen molar-refractivity contribution in [1.29, 1.82) is 0 Å². The van der Waals surface area contributed by atoms with E-state index in [2.05, 4.69) is 42.0 Å². The number of nitrogens with one attached hydrogen (secondary N) is 1. The molecule has 0 spiro atoms. The second-order valence-corrected chi connectivity index (χ2v) is 11.4. The van der Waals surface area contributed by atoms with E-state index in [9.17, 15) is 14.4 Å². The standard InChI is InChI=1S/C30H47BrN2O5/c1-4-5-6-7-8-9-10-11-12-13-19-38-28(34)22-26-29(35)32-17-18-33(26)30(36)24-14-15-27(25(31)21-24)37-20-16-23(2)3/h14-15,21,23,26H,4-13,16-20,22H2,1-3H3,(H,32,35). The predicted octanol–water partition coefficient (Wildman–Crippen LogP) is 6.67. The monoisotopic (exact) mass is 594 g/mol. The number of nitrogens with zero attached hydrogens (tertiary/aromatic N) is 1. The number of piperazine rings is 1. The van der Waals surface area contributed by atoms with Crippen LogP contribution in [0.2, 0.25) is 0 Å². The molecule has 0 saturated carbocycles. The third-order valence-electron chi connectivity index (χ3n) is 6.84. The van der Waals surface area contributed by atoms with Crippen molar-refractivity contribution < 1.29 is 23.9 Å². The number of carbonyl (C=O) groups is 3. The van der Waals surface area contributed by atoms with Crippen molar-refractivity contribution in [1.82, 2.24) is 10.2 Å². The van der Waals surface area contributed by atoms with Crippen LogP contribution in [0.1, 0.15) is 108 Å². The number of amides is 2. The number of halogens is 1. The number of ether oxygens (including phenoxy) is 2. The average Bonchev–Trinajstić information content (AvgIpc) is 2.88. The molecular weight excluding hydrogens is 548 g/mol. The van der Waals surface area contributed by atoms with Crippen LogP contribution in [0.3, 0.4) is 0 Å². The van der Waals surface area contributed by atoms with Gasteiger partial charge in [-0.05, 0) is 52.9 Å². The van der Waals surface area contributed by atoms with Gasteiger partial charge in [0.1, 0.15) is 11.8 Å². The van der Waals surface area contributed by atoms with Crippen molar-refractivity contribution in [2.75, 3.05) is 26.3 Å². The molecule has 1 aliphatic heterocycles. The van der Waals surface area contributed by atoms with E-state index in [4.69, 9.17) is 9.47 Å². The van der Waals surface area contributed by atoms with Crippen LogP contribution < -0.4 is 10.1 Å². The van der Waals surface area contributed by atoms with Gasteiger partial charge in [-0.2, -0.15) is 0 Å². The first-order chi connectivity index (χ1) is 18.3. The van der Waals surface area contributed by atoms with Crippen molar-refractivity contribution in [3.8, 4) is 5.75 Å². The number of carbonyl (C=O) groups excluding carboxylic acids is 3. The van der Waals surface area contributed by atoms with Gasteiger partial charge in [-0.25, -0.2) is 0 Å². The molecule has 7 nitrogen and oxygen atoms in total. The van der Waals surface area contributed by atoms with Gasteiger partial charge in [-0.3, -0.25) is 14.4 Å².